The van der Waals surface area contributed by atoms with Crippen molar-refractivity contribution < 1.29 is 18.6 Å². The van der Waals surface area contributed by atoms with E-state index in [4.69, 9.17) is 5.73 Å². The Bertz CT molecular complexity index is 681. The topological polar surface area (TPSA) is 104 Å². The van der Waals surface area contributed by atoms with Gasteiger partial charge in [-0.15, -0.1) is 0 Å². The molecule has 6 nitrogen and oxygen atoms in total. The summed E-state index contributed by atoms with van der Waals surface area (Å²) < 4.78 is 26.0. The summed E-state index contributed by atoms with van der Waals surface area (Å²) in [6.45, 7) is 1.81. The van der Waals surface area contributed by atoms with E-state index in [0.29, 0.717) is 0 Å². The molecule has 0 amide bonds. The van der Waals surface area contributed by atoms with Gasteiger partial charge in [-0.25, -0.2) is 8.42 Å². The number of sulfonamides is 1. The average Bonchev–Trinajstić information content (AvgIpc) is 2.78. The average molecular weight is 310 g/mol. The summed E-state index contributed by atoms with van der Waals surface area (Å²) in [7, 11) is -3.72. The minimum Gasteiger partial charge on any atom is -0.389 e. The van der Waals surface area contributed by atoms with Crippen LogP contribution in [-0.4, -0.2) is 54.8 Å². The van der Waals surface area contributed by atoms with Crippen LogP contribution in [0.15, 0.2) is 23.1 Å². The SMILES string of the molecule is Cc1cc(S(=O)(=O)N2CC(O)C(O)C2)ccc1C#CCN. The number of β-amino-alcohol motifs (C(OH)–C–C–N with tert-alkyl or cyclic N) is 2. The fraction of sp³-hybridized carbons (Fsp3) is 0.429. The molecule has 114 valence electrons. The Morgan fingerprint density at radius 2 is 1.95 bits per heavy atom. The number of aliphatic hydroxyl groups excluding tert-OH is 2. The highest BCUT2D eigenvalue weighted by molar-refractivity contribution is 7.89. The minimum absolute atomic E-state index is 0.0999. The van der Waals surface area contributed by atoms with Gasteiger partial charge >= 0.3 is 0 Å². The van der Waals surface area contributed by atoms with Gasteiger partial charge in [0.05, 0.1) is 23.6 Å². The Labute approximate surface area is 124 Å². The monoisotopic (exact) mass is 310 g/mol. The van der Waals surface area contributed by atoms with Crippen LogP contribution >= 0.6 is 0 Å². The van der Waals surface area contributed by atoms with Crippen molar-refractivity contribution in [2.24, 2.45) is 5.73 Å². The molecule has 2 rings (SSSR count). The summed E-state index contributed by atoms with van der Waals surface area (Å²) in [5, 5.41) is 19.0. The second-order valence-electron chi connectivity index (χ2n) is 4.94. The lowest BCUT2D eigenvalue weighted by Gasteiger charge is -2.16. The molecule has 0 saturated carbocycles. The molecule has 0 spiro atoms. The lowest BCUT2D eigenvalue weighted by molar-refractivity contribution is 0.0572. The molecule has 4 N–H and O–H groups in total. The summed E-state index contributed by atoms with van der Waals surface area (Å²) in [4.78, 5) is 0.125. The Morgan fingerprint density at radius 3 is 2.48 bits per heavy atom. The van der Waals surface area contributed by atoms with Crippen LogP contribution < -0.4 is 5.73 Å². The van der Waals surface area contributed by atoms with Gasteiger partial charge in [0.25, 0.3) is 0 Å². The Balaban J connectivity index is 2.31. The van der Waals surface area contributed by atoms with Crippen LogP contribution in [0.1, 0.15) is 11.1 Å². The normalized spacial score (nSPS) is 22.9. The first kappa shape index (κ1) is 15.9. The number of rotatable bonds is 2. The number of aryl methyl sites for hydroxylation is 1. The van der Waals surface area contributed by atoms with Crippen molar-refractivity contribution in [3.8, 4) is 11.8 Å². The van der Waals surface area contributed by atoms with Crippen molar-refractivity contribution in [3.63, 3.8) is 0 Å². The number of nitrogens with two attached hydrogens (primary N) is 1. The van der Waals surface area contributed by atoms with Crippen LogP contribution in [0, 0.1) is 18.8 Å². The molecule has 1 aliphatic heterocycles. The van der Waals surface area contributed by atoms with Crippen molar-refractivity contribution in [1.29, 1.82) is 0 Å². The van der Waals surface area contributed by atoms with Gasteiger partial charge in [-0.1, -0.05) is 11.8 Å². The summed E-state index contributed by atoms with van der Waals surface area (Å²) in [6, 6.07) is 4.64. The van der Waals surface area contributed by atoms with Crippen molar-refractivity contribution in [2.45, 2.75) is 24.0 Å². The van der Waals surface area contributed by atoms with Crippen LogP contribution in [0.5, 0.6) is 0 Å². The molecule has 1 heterocycles. The van der Waals surface area contributed by atoms with E-state index in [0.717, 1.165) is 15.4 Å². The lowest BCUT2D eigenvalue weighted by atomic mass is 10.1. The van der Waals surface area contributed by atoms with Crippen LogP contribution in [0.25, 0.3) is 0 Å². The summed E-state index contributed by atoms with van der Waals surface area (Å²) >= 11 is 0. The molecule has 1 aliphatic rings. The fourth-order valence-electron chi connectivity index (χ4n) is 2.16. The highest BCUT2D eigenvalue weighted by Gasteiger charge is 2.37. The zero-order chi connectivity index (χ0) is 15.6. The van der Waals surface area contributed by atoms with Gasteiger partial charge in [0.2, 0.25) is 10.0 Å². The maximum Gasteiger partial charge on any atom is 0.243 e. The molecular formula is C14H18N2O4S. The molecule has 21 heavy (non-hydrogen) atoms. The quantitative estimate of drug-likeness (QED) is 0.610. The standard InChI is InChI=1S/C14H18N2O4S/c1-10-7-12(5-4-11(10)3-2-6-15)21(19,20)16-8-13(17)14(18)9-16/h4-5,7,13-14,17-18H,6,8-9,15H2,1H3. The first-order valence-electron chi connectivity index (χ1n) is 6.52. The Hall–Kier alpha value is -1.43. The Morgan fingerprint density at radius 1 is 1.33 bits per heavy atom. The molecule has 7 heteroatoms. The third-order valence-electron chi connectivity index (χ3n) is 3.39. The Kier molecular flexibility index (Phi) is 4.66. The molecular weight excluding hydrogens is 292 g/mol. The van der Waals surface area contributed by atoms with E-state index in [1.165, 1.54) is 12.1 Å². The smallest absolute Gasteiger partial charge is 0.243 e. The largest absolute Gasteiger partial charge is 0.389 e. The summed E-state index contributed by atoms with van der Waals surface area (Å²) in [6.07, 6.45) is -2.09. The van der Waals surface area contributed by atoms with Gasteiger partial charge in [-0.05, 0) is 30.7 Å². The molecule has 1 fully saturated rings. The van der Waals surface area contributed by atoms with Crippen molar-refractivity contribution in [3.05, 3.63) is 29.3 Å². The molecule has 1 aromatic rings. The molecule has 1 saturated heterocycles. The van der Waals surface area contributed by atoms with Gasteiger partial charge in [0.15, 0.2) is 0 Å². The van der Waals surface area contributed by atoms with Gasteiger partial charge in [-0.2, -0.15) is 4.31 Å². The molecule has 1 aromatic carbocycles. The van der Waals surface area contributed by atoms with Crippen molar-refractivity contribution in [1.82, 2.24) is 4.31 Å². The maximum absolute atomic E-state index is 12.5. The maximum atomic E-state index is 12.5. The second-order valence-corrected chi connectivity index (χ2v) is 6.88. The van der Waals surface area contributed by atoms with Crippen LogP contribution in [0.3, 0.4) is 0 Å². The van der Waals surface area contributed by atoms with Gasteiger partial charge < -0.3 is 15.9 Å². The first-order chi connectivity index (χ1) is 9.86. The summed E-state index contributed by atoms with van der Waals surface area (Å²) in [5.41, 5.74) is 6.77. The van der Waals surface area contributed by atoms with Crippen molar-refractivity contribution >= 4 is 10.0 Å². The van der Waals surface area contributed by atoms with Crippen LogP contribution in [0.2, 0.25) is 0 Å². The number of benzene rings is 1. The summed E-state index contributed by atoms with van der Waals surface area (Å²) in [5.74, 6) is 5.59. The van der Waals surface area contributed by atoms with E-state index < -0.39 is 22.2 Å². The molecule has 2 unspecified atom stereocenters. The number of aliphatic hydroxyl groups is 2. The van der Waals surface area contributed by atoms with Crippen LogP contribution in [0.4, 0.5) is 0 Å². The van der Waals surface area contributed by atoms with Crippen molar-refractivity contribution in [2.75, 3.05) is 19.6 Å². The minimum atomic E-state index is -3.72. The first-order valence-corrected chi connectivity index (χ1v) is 7.96. The van der Waals surface area contributed by atoms with Gasteiger partial charge in [0, 0.05) is 18.7 Å². The molecule has 0 aliphatic carbocycles. The molecule has 0 bridgehead atoms. The van der Waals surface area contributed by atoms with E-state index in [-0.39, 0.29) is 24.5 Å². The third kappa shape index (κ3) is 3.26. The van der Waals surface area contributed by atoms with Crippen LogP contribution in [-0.2, 0) is 10.0 Å². The predicted octanol–water partition coefficient (Wildman–Crippen LogP) is -0.969. The lowest BCUT2D eigenvalue weighted by Crippen LogP contribution is -2.30. The van der Waals surface area contributed by atoms with E-state index in [9.17, 15) is 18.6 Å². The van der Waals surface area contributed by atoms with Gasteiger partial charge in [-0.3, -0.25) is 0 Å². The zero-order valence-corrected chi connectivity index (χ0v) is 12.5. The predicted molar refractivity (Wildman–Crippen MR) is 77.9 cm³/mol. The van der Waals surface area contributed by atoms with Gasteiger partial charge in [0.1, 0.15) is 0 Å². The highest BCUT2D eigenvalue weighted by atomic mass is 32.2. The van der Waals surface area contributed by atoms with E-state index in [2.05, 4.69) is 11.8 Å². The molecule has 0 aromatic heterocycles. The number of nitrogens with zero attached hydrogens (tertiary/aromatic N) is 1. The van der Waals surface area contributed by atoms with E-state index in [1.54, 1.807) is 13.0 Å². The number of hydrogen-bond donors (Lipinski definition) is 3. The third-order valence-corrected chi connectivity index (χ3v) is 5.21. The highest BCUT2D eigenvalue weighted by Crippen LogP contribution is 2.23. The second kappa shape index (κ2) is 6.13. The zero-order valence-electron chi connectivity index (χ0n) is 11.7. The van der Waals surface area contributed by atoms with E-state index in [1.807, 2.05) is 0 Å². The van der Waals surface area contributed by atoms with E-state index >= 15 is 0 Å². The molecule has 0 radical (unpaired) electrons. The molecule has 2 atom stereocenters. The fourth-order valence-corrected chi connectivity index (χ4v) is 3.73. The number of hydrogen-bond acceptors (Lipinski definition) is 5.